The maximum absolute atomic E-state index is 12.4. The third-order valence-electron chi connectivity index (χ3n) is 2.38. The number of carbonyl (C=O) groups excluding carboxylic acids is 1. The van der Waals surface area contributed by atoms with Crippen LogP contribution in [-0.2, 0) is 6.54 Å². The second-order valence-electron chi connectivity index (χ2n) is 4.03. The number of halogens is 4. The topological polar surface area (TPSA) is 59.2 Å². The Bertz CT molecular complexity index is 425. The van der Waals surface area contributed by atoms with Crippen molar-refractivity contribution >= 4 is 29.7 Å². The first-order valence-electron chi connectivity index (χ1n) is 5.88. The van der Waals surface area contributed by atoms with Gasteiger partial charge in [-0.25, -0.2) is 4.98 Å². The molecule has 0 aliphatic heterocycles. The number of carbonyl (C=O) groups is 1. The Morgan fingerprint density at radius 2 is 2.15 bits per heavy atom. The zero-order valence-corrected chi connectivity index (χ0v) is 12.6. The lowest BCUT2D eigenvalue weighted by atomic mass is 10.3. The molecule has 2 N–H and O–H groups in total. The van der Waals surface area contributed by atoms with E-state index in [0.29, 0.717) is 17.8 Å². The van der Waals surface area contributed by atoms with Gasteiger partial charge in [-0.1, -0.05) is 13.3 Å². The quantitative estimate of drug-likeness (QED) is 0.872. The smallest absolute Gasteiger partial charge is 0.328 e. The number of thiazole rings is 1. The average molecular weight is 332 g/mol. The van der Waals surface area contributed by atoms with Crippen LogP contribution in [0.15, 0.2) is 5.38 Å². The summed E-state index contributed by atoms with van der Waals surface area (Å²) in [7, 11) is 0. The van der Waals surface area contributed by atoms with Gasteiger partial charge in [-0.15, -0.1) is 23.7 Å². The molecule has 1 amide bonds. The molecular formula is C11H17ClF3N3OS. The summed E-state index contributed by atoms with van der Waals surface area (Å²) in [6.45, 7) is 0.851. The van der Waals surface area contributed by atoms with E-state index in [1.54, 1.807) is 0 Å². The first-order valence-corrected chi connectivity index (χ1v) is 6.75. The van der Waals surface area contributed by atoms with Crippen LogP contribution in [-0.4, -0.2) is 35.1 Å². The van der Waals surface area contributed by atoms with Crippen LogP contribution in [0, 0.1) is 0 Å². The van der Waals surface area contributed by atoms with Gasteiger partial charge in [0.2, 0.25) is 0 Å². The molecule has 4 nitrogen and oxygen atoms in total. The van der Waals surface area contributed by atoms with E-state index in [9.17, 15) is 18.0 Å². The van der Waals surface area contributed by atoms with Crippen molar-refractivity contribution in [3.63, 3.8) is 0 Å². The van der Waals surface area contributed by atoms with E-state index in [2.05, 4.69) is 4.98 Å². The number of nitrogens with zero attached hydrogens (tertiary/aromatic N) is 2. The molecule has 0 aliphatic rings. The first-order chi connectivity index (χ1) is 8.87. The SMILES string of the molecule is CCCCN(CC(F)(F)F)C(=O)c1csc(CN)n1.Cl. The molecule has 9 heteroatoms. The maximum atomic E-state index is 12.4. The number of aromatic nitrogens is 1. The standard InChI is InChI=1S/C11H16F3N3OS.ClH/c1-2-3-4-17(7-11(12,13)14)10(18)8-6-19-9(5-15)16-8;/h6H,2-5,7,15H2,1H3;1H. The molecule has 0 saturated carbocycles. The van der Waals surface area contributed by atoms with Crippen LogP contribution in [0.1, 0.15) is 35.3 Å². The highest BCUT2D eigenvalue weighted by Crippen LogP contribution is 2.19. The summed E-state index contributed by atoms with van der Waals surface area (Å²) in [5.74, 6) is -0.693. The summed E-state index contributed by atoms with van der Waals surface area (Å²) in [6, 6.07) is 0. The highest BCUT2D eigenvalue weighted by atomic mass is 35.5. The van der Waals surface area contributed by atoms with Crippen molar-refractivity contribution in [2.75, 3.05) is 13.1 Å². The Morgan fingerprint density at radius 1 is 1.50 bits per heavy atom. The van der Waals surface area contributed by atoms with Gasteiger partial charge in [-0.3, -0.25) is 4.79 Å². The van der Waals surface area contributed by atoms with Gasteiger partial charge in [-0.05, 0) is 6.42 Å². The Morgan fingerprint density at radius 3 is 2.60 bits per heavy atom. The molecule has 1 aromatic rings. The molecule has 0 saturated heterocycles. The Balaban J connectivity index is 0.00000361. The minimum Gasteiger partial charge on any atom is -0.328 e. The number of alkyl halides is 3. The third-order valence-corrected chi connectivity index (χ3v) is 3.26. The minimum atomic E-state index is -4.41. The van der Waals surface area contributed by atoms with E-state index < -0.39 is 18.6 Å². The lowest BCUT2D eigenvalue weighted by Crippen LogP contribution is -2.39. The summed E-state index contributed by atoms with van der Waals surface area (Å²) in [4.78, 5) is 16.7. The fraction of sp³-hybridized carbons (Fsp3) is 0.636. The maximum Gasteiger partial charge on any atom is 0.406 e. The fourth-order valence-electron chi connectivity index (χ4n) is 1.48. The molecule has 0 unspecified atom stereocenters. The number of unbranched alkanes of at least 4 members (excludes halogenated alkanes) is 1. The number of rotatable bonds is 6. The van der Waals surface area contributed by atoms with E-state index in [4.69, 9.17) is 5.73 Å². The lowest BCUT2D eigenvalue weighted by molar-refractivity contribution is -0.140. The van der Waals surface area contributed by atoms with Crippen LogP contribution >= 0.6 is 23.7 Å². The van der Waals surface area contributed by atoms with Crippen LogP contribution in [0.3, 0.4) is 0 Å². The van der Waals surface area contributed by atoms with Crippen molar-refractivity contribution in [1.82, 2.24) is 9.88 Å². The predicted molar refractivity (Wildman–Crippen MR) is 74.1 cm³/mol. The molecule has 0 fully saturated rings. The lowest BCUT2D eigenvalue weighted by Gasteiger charge is -2.22. The van der Waals surface area contributed by atoms with Crippen molar-refractivity contribution < 1.29 is 18.0 Å². The number of amides is 1. The molecular weight excluding hydrogens is 315 g/mol. The van der Waals surface area contributed by atoms with Crippen LogP contribution in [0.4, 0.5) is 13.2 Å². The van der Waals surface area contributed by atoms with E-state index >= 15 is 0 Å². The molecule has 0 bridgehead atoms. The van der Waals surface area contributed by atoms with Gasteiger partial charge < -0.3 is 10.6 Å². The molecule has 20 heavy (non-hydrogen) atoms. The molecule has 0 aromatic carbocycles. The normalized spacial score (nSPS) is 11.1. The zero-order chi connectivity index (χ0) is 14.5. The molecule has 0 radical (unpaired) electrons. The summed E-state index contributed by atoms with van der Waals surface area (Å²) < 4.78 is 37.3. The van der Waals surface area contributed by atoms with Gasteiger partial charge in [0.15, 0.2) is 0 Å². The Hall–Kier alpha value is -0.860. The van der Waals surface area contributed by atoms with E-state index in [1.807, 2.05) is 6.92 Å². The molecule has 1 aromatic heterocycles. The van der Waals surface area contributed by atoms with Crippen LogP contribution in [0.5, 0.6) is 0 Å². The third kappa shape index (κ3) is 6.06. The van der Waals surface area contributed by atoms with Gasteiger partial charge in [0.1, 0.15) is 17.2 Å². The second kappa shape index (κ2) is 8.43. The molecule has 0 aliphatic carbocycles. The van der Waals surface area contributed by atoms with Crippen LogP contribution in [0.2, 0.25) is 0 Å². The van der Waals surface area contributed by atoms with Gasteiger partial charge in [0.25, 0.3) is 5.91 Å². The van der Waals surface area contributed by atoms with Gasteiger partial charge in [-0.2, -0.15) is 13.2 Å². The molecule has 116 valence electrons. The Kier molecular flexibility index (Phi) is 8.07. The van der Waals surface area contributed by atoms with Crippen molar-refractivity contribution in [3.05, 3.63) is 16.1 Å². The van der Waals surface area contributed by atoms with Crippen molar-refractivity contribution in [1.29, 1.82) is 0 Å². The average Bonchev–Trinajstić information content (AvgIpc) is 2.80. The largest absolute Gasteiger partial charge is 0.406 e. The van der Waals surface area contributed by atoms with Gasteiger partial charge in [0.05, 0.1) is 0 Å². The summed E-state index contributed by atoms with van der Waals surface area (Å²) in [6.07, 6.45) is -3.17. The van der Waals surface area contributed by atoms with Crippen molar-refractivity contribution in [2.45, 2.75) is 32.5 Å². The number of hydrogen-bond donors (Lipinski definition) is 1. The predicted octanol–water partition coefficient (Wildman–Crippen LogP) is 2.83. The van der Waals surface area contributed by atoms with Crippen LogP contribution < -0.4 is 5.73 Å². The summed E-state index contributed by atoms with van der Waals surface area (Å²) in [5, 5.41) is 1.98. The molecule has 1 rings (SSSR count). The zero-order valence-electron chi connectivity index (χ0n) is 10.9. The fourth-order valence-corrected chi connectivity index (χ4v) is 2.13. The molecule has 0 atom stereocenters. The highest BCUT2D eigenvalue weighted by molar-refractivity contribution is 7.09. The number of hydrogen-bond acceptors (Lipinski definition) is 4. The van der Waals surface area contributed by atoms with Crippen LogP contribution in [0.25, 0.3) is 0 Å². The van der Waals surface area contributed by atoms with E-state index in [0.717, 1.165) is 4.90 Å². The summed E-state index contributed by atoms with van der Waals surface area (Å²) >= 11 is 1.17. The highest BCUT2D eigenvalue weighted by Gasteiger charge is 2.33. The monoisotopic (exact) mass is 331 g/mol. The van der Waals surface area contributed by atoms with E-state index in [-0.39, 0.29) is 31.2 Å². The van der Waals surface area contributed by atoms with Crippen molar-refractivity contribution in [2.24, 2.45) is 5.73 Å². The van der Waals surface area contributed by atoms with Gasteiger partial charge in [0, 0.05) is 18.5 Å². The minimum absolute atomic E-state index is 0. The van der Waals surface area contributed by atoms with E-state index in [1.165, 1.54) is 16.7 Å². The van der Waals surface area contributed by atoms with Gasteiger partial charge >= 0.3 is 6.18 Å². The second-order valence-corrected chi connectivity index (χ2v) is 4.97. The van der Waals surface area contributed by atoms with Crippen molar-refractivity contribution in [3.8, 4) is 0 Å². The summed E-state index contributed by atoms with van der Waals surface area (Å²) in [5.41, 5.74) is 5.40. The molecule has 0 spiro atoms. The number of nitrogens with two attached hydrogens (primary N) is 1. The molecule has 1 heterocycles. The first kappa shape index (κ1) is 19.1. The Labute approximate surface area is 125 Å².